The number of benzene rings is 3. The van der Waals surface area contributed by atoms with Gasteiger partial charge in [-0.3, -0.25) is 4.79 Å². The molecule has 0 fully saturated rings. The third-order valence-corrected chi connectivity index (χ3v) is 5.25. The Bertz CT molecular complexity index is 900. The van der Waals surface area contributed by atoms with Crippen LogP contribution in [-0.2, 0) is 4.79 Å². The first kappa shape index (κ1) is 20.2. The minimum Gasteiger partial charge on any atom is -0.353 e. The first-order chi connectivity index (χ1) is 13.6. The maximum atomic E-state index is 12.2. The number of hydrogen-bond acceptors (Lipinski definition) is 1. The zero-order chi connectivity index (χ0) is 19.8. The second-order valence-electron chi connectivity index (χ2n) is 6.46. The highest BCUT2D eigenvalue weighted by Crippen LogP contribution is 2.27. The topological polar surface area (TPSA) is 29.1 Å². The molecule has 0 atom stereocenters. The molecule has 0 radical (unpaired) electrons. The van der Waals surface area contributed by atoms with Gasteiger partial charge in [-0.1, -0.05) is 89.9 Å². The van der Waals surface area contributed by atoms with Crippen molar-refractivity contribution in [2.45, 2.75) is 12.3 Å². The molecule has 3 aromatic carbocycles. The van der Waals surface area contributed by atoms with Crippen molar-refractivity contribution in [2.75, 3.05) is 6.54 Å². The molecule has 3 rings (SSSR count). The Morgan fingerprint density at radius 1 is 0.857 bits per heavy atom. The summed E-state index contributed by atoms with van der Waals surface area (Å²) in [6.45, 7) is 0.582. The van der Waals surface area contributed by atoms with E-state index in [2.05, 4.69) is 29.6 Å². The summed E-state index contributed by atoms with van der Waals surface area (Å²) in [5.41, 5.74) is 3.32. The second kappa shape index (κ2) is 10.1. The third-order valence-electron chi connectivity index (χ3n) is 4.51. The Kier molecular flexibility index (Phi) is 7.30. The van der Waals surface area contributed by atoms with Crippen molar-refractivity contribution >= 4 is 35.2 Å². The quantitative estimate of drug-likeness (QED) is 0.452. The number of amides is 1. The van der Waals surface area contributed by atoms with E-state index < -0.39 is 0 Å². The largest absolute Gasteiger partial charge is 0.353 e. The summed E-state index contributed by atoms with van der Waals surface area (Å²) in [6.07, 6.45) is 4.06. The summed E-state index contributed by atoms with van der Waals surface area (Å²) in [5, 5.41) is 3.93. The monoisotopic (exact) mass is 409 g/mol. The molecule has 1 N–H and O–H groups in total. The van der Waals surface area contributed by atoms with E-state index >= 15 is 0 Å². The molecule has 3 aromatic rings. The molecular weight excluding hydrogens is 389 g/mol. The summed E-state index contributed by atoms with van der Waals surface area (Å²) >= 11 is 11.9. The van der Waals surface area contributed by atoms with E-state index in [0.717, 1.165) is 12.0 Å². The van der Waals surface area contributed by atoms with E-state index in [1.165, 1.54) is 17.2 Å². The van der Waals surface area contributed by atoms with Gasteiger partial charge in [-0.25, -0.2) is 0 Å². The van der Waals surface area contributed by atoms with Gasteiger partial charge in [0.2, 0.25) is 5.91 Å². The van der Waals surface area contributed by atoms with Crippen molar-refractivity contribution in [3.8, 4) is 0 Å². The first-order valence-corrected chi connectivity index (χ1v) is 9.90. The lowest BCUT2D eigenvalue weighted by molar-refractivity contribution is -0.116. The second-order valence-corrected chi connectivity index (χ2v) is 7.27. The van der Waals surface area contributed by atoms with Gasteiger partial charge < -0.3 is 5.32 Å². The highest BCUT2D eigenvalue weighted by Gasteiger charge is 2.13. The van der Waals surface area contributed by atoms with Gasteiger partial charge in [0, 0.05) is 18.5 Å². The lowest BCUT2D eigenvalue weighted by Crippen LogP contribution is -2.23. The number of rotatable bonds is 7. The molecule has 0 aliphatic heterocycles. The molecule has 0 aliphatic carbocycles. The third kappa shape index (κ3) is 5.72. The average Bonchev–Trinajstić information content (AvgIpc) is 2.73. The fourth-order valence-electron chi connectivity index (χ4n) is 3.08. The van der Waals surface area contributed by atoms with Gasteiger partial charge in [-0.15, -0.1) is 0 Å². The number of nitrogens with one attached hydrogen (secondary N) is 1. The van der Waals surface area contributed by atoms with Crippen LogP contribution in [0.3, 0.4) is 0 Å². The van der Waals surface area contributed by atoms with Crippen LogP contribution in [-0.4, -0.2) is 12.5 Å². The fourth-order valence-corrected chi connectivity index (χ4v) is 3.39. The van der Waals surface area contributed by atoms with Gasteiger partial charge >= 0.3 is 0 Å². The Labute approximate surface area is 175 Å². The van der Waals surface area contributed by atoms with E-state index in [9.17, 15) is 4.79 Å². The summed E-state index contributed by atoms with van der Waals surface area (Å²) < 4.78 is 0. The first-order valence-electron chi connectivity index (χ1n) is 9.14. The van der Waals surface area contributed by atoms with Crippen molar-refractivity contribution in [3.63, 3.8) is 0 Å². The van der Waals surface area contributed by atoms with Gasteiger partial charge in [0.1, 0.15) is 0 Å². The van der Waals surface area contributed by atoms with E-state index in [1.807, 2.05) is 42.5 Å². The van der Waals surface area contributed by atoms with Crippen molar-refractivity contribution in [1.29, 1.82) is 0 Å². The smallest absolute Gasteiger partial charge is 0.243 e. The molecular formula is C24H21Cl2NO. The molecule has 28 heavy (non-hydrogen) atoms. The van der Waals surface area contributed by atoms with Gasteiger partial charge in [0.05, 0.1) is 10.0 Å². The molecule has 0 saturated carbocycles. The zero-order valence-corrected chi connectivity index (χ0v) is 16.8. The summed E-state index contributed by atoms with van der Waals surface area (Å²) in [6, 6.07) is 26.0. The van der Waals surface area contributed by atoms with E-state index in [0.29, 0.717) is 16.6 Å². The molecule has 0 spiro atoms. The summed E-state index contributed by atoms with van der Waals surface area (Å²) in [4.78, 5) is 12.2. The molecule has 0 heterocycles. The summed E-state index contributed by atoms with van der Waals surface area (Å²) in [7, 11) is 0. The van der Waals surface area contributed by atoms with Crippen molar-refractivity contribution in [2.24, 2.45) is 0 Å². The Balaban J connectivity index is 1.60. The van der Waals surface area contributed by atoms with Crippen molar-refractivity contribution < 1.29 is 4.79 Å². The van der Waals surface area contributed by atoms with Crippen LogP contribution in [0.2, 0.25) is 10.0 Å². The van der Waals surface area contributed by atoms with Crippen molar-refractivity contribution in [3.05, 3.63) is 112 Å². The number of hydrogen-bond donors (Lipinski definition) is 1. The van der Waals surface area contributed by atoms with Gasteiger partial charge in [0.15, 0.2) is 0 Å². The standard InChI is InChI=1S/C24H21Cl2NO/c25-22-13-11-18(17-23(22)26)12-14-24(28)27-16-15-21(19-7-3-1-4-8-19)20-9-5-2-6-10-20/h1-14,17,21H,15-16H2,(H,27,28). The number of halogens is 2. The number of carbonyl (C=O) groups is 1. The highest BCUT2D eigenvalue weighted by atomic mass is 35.5. The predicted octanol–water partition coefficient (Wildman–Crippen LogP) is 6.35. The van der Waals surface area contributed by atoms with Gasteiger partial charge in [0.25, 0.3) is 0 Å². The molecule has 0 bridgehead atoms. The predicted molar refractivity (Wildman–Crippen MR) is 118 cm³/mol. The average molecular weight is 410 g/mol. The molecule has 0 saturated heterocycles. The van der Waals surface area contributed by atoms with Crippen LogP contribution in [0.15, 0.2) is 84.9 Å². The minimum atomic E-state index is -0.133. The molecule has 0 aromatic heterocycles. The Morgan fingerprint density at radius 3 is 2.04 bits per heavy atom. The fraction of sp³-hybridized carbons (Fsp3) is 0.125. The van der Waals surface area contributed by atoms with Crippen LogP contribution in [0.5, 0.6) is 0 Å². The molecule has 4 heteroatoms. The van der Waals surface area contributed by atoms with Crippen LogP contribution in [0.1, 0.15) is 29.0 Å². The van der Waals surface area contributed by atoms with Crippen LogP contribution in [0.4, 0.5) is 0 Å². The van der Waals surface area contributed by atoms with E-state index in [-0.39, 0.29) is 11.8 Å². The Hall–Kier alpha value is -2.55. The van der Waals surface area contributed by atoms with Gasteiger partial charge in [-0.2, -0.15) is 0 Å². The van der Waals surface area contributed by atoms with Crippen LogP contribution in [0.25, 0.3) is 6.08 Å². The molecule has 0 unspecified atom stereocenters. The molecule has 2 nitrogen and oxygen atoms in total. The highest BCUT2D eigenvalue weighted by molar-refractivity contribution is 6.42. The number of carbonyl (C=O) groups excluding carboxylic acids is 1. The molecule has 0 aliphatic rings. The Morgan fingerprint density at radius 2 is 1.46 bits per heavy atom. The lowest BCUT2D eigenvalue weighted by atomic mass is 9.88. The van der Waals surface area contributed by atoms with Crippen LogP contribution >= 0.6 is 23.2 Å². The van der Waals surface area contributed by atoms with Crippen molar-refractivity contribution in [1.82, 2.24) is 5.32 Å². The van der Waals surface area contributed by atoms with E-state index in [4.69, 9.17) is 23.2 Å². The summed E-state index contributed by atoms with van der Waals surface area (Å²) in [5.74, 6) is 0.104. The van der Waals surface area contributed by atoms with Crippen LogP contribution < -0.4 is 5.32 Å². The van der Waals surface area contributed by atoms with E-state index in [1.54, 1.807) is 18.2 Å². The van der Waals surface area contributed by atoms with Gasteiger partial charge in [-0.05, 0) is 41.3 Å². The zero-order valence-electron chi connectivity index (χ0n) is 15.3. The normalized spacial score (nSPS) is 11.1. The van der Waals surface area contributed by atoms with Crippen LogP contribution in [0, 0.1) is 0 Å². The minimum absolute atomic E-state index is 0.133. The maximum absolute atomic E-state index is 12.2. The maximum Gasteiger partial charge on any atom is 0.243 e. The molecule has 1 amide bonds. The SMILES string of the molecule is O=C(C=Cc1ccc(Cl)c(Cl)c1)NCCC(c1ccccc1)c1ccccc1. The molecule has 142 valence electrons. The lowest BCUT2D eigenvalue weighted by Gasteiger charge is -2.18.